The zero-order valence-corrected chi connectivity index (χ0v) is 17.1. The third-order valence-corrected chi connectivity index (χ3v) is 6.26. The molecule has 29 heavy (non-hydrogen) atoms. The molecule has 6 heteroatoms. The van der Waals surface area contributed by atoms with Crippen molar-refractivity contribution in [3.05, 3.63) is 65.5 Å². The first-order valence-corrected chi connectivity index (χ1v) is 10.1. The zero-order valence-electron chi connectivity index (χ0n) is 17.1. The molecule has 2 aromatic rings. The lowest BCUT2D eigenvalue weighted by Crippen LogP contribution is -2.54. The van der Waals surface area contributed by atoms with Crippen molar-refractivity contribution < 1.29 is 13.9 Å². The second-order valence-electron chi connectivity index (χ2n) is 8.19. The fourth-order valence-electron chi connectivity index (χ4n) is 4.42. The molecule has 2 heterocycles. The first-order valence-electron chi connectivity index (χ1n) is 10.1. The van der Waals surface area contributed by atoms with E-state index in [0.717, 1.165) is 42.8 Å². The fourth-order valence-corrected chi connectivity index (χ4v) is 4.42. The summed E-state index contributed by atoms with van der Waals surface area (Å²) in [5.74, 6) is 0.722. The van der Waals surface area contributed by atoms with Crippen molar-refractivity contribution >= 4 is 5.91 Å². The maximum atomic E-state index is 13.4. The molecule has 0 aliphatic carbocycles. The Morgan fingerprint density at radius 2 is 1.55 bits per heavy atom. The van der Waals surface area contributed by atoms with Crippen molar-refractivity contribution in [3.63, 3.8) is 0 Å². The van der Waals surface area contributed by atoms with Gasteiger partial charge < -0.3 is 9.64 Å². The van der Waals surface area contributed by atoms with E-state index in [9.17, 15) is 9.18 Å². The molecule has 1 spiro atoms. The van der Waals surface area contributed by atoms with E-state index in [1.165, 1.54) is 12.1 Å². The van der Waals surface area contributed by atoms with E-state index in [4.69, 9.17) is 4.74 Å². The summed E-state index contributed by atoms with van der Waals surface area (Å²) in [5.41, 5.74) is 1.91. The monoisotopic (exact) mass is 397 g/mol. The number of hydrogen-bond donors (Lipinski definition) is 0. The Kier molecular flexibility index (Phi) is 5.56. The maximum Gasteiger partial charge on any atom is 0.239 e. The van der Waals surface area contributed by atoms with Crippen LogP contribution in [0.3, 0.4) is 0 Å². The van der Waals surface area contributed by atoms with Gasteiger partial charge in [0.15, 0.2) is 0 Å². The topological polar surface area (TPSA) is 36.0 Å². The van der Waals surface area contributed by atoms with Crippen LogP contribution in [0.2, 0.25) is 0 Å². The number of carbonyl (C=O) groups excluding carboxylic acids is 1. The Morgan fingerprint density at radius 3 is 2.17 bits per heavy atom. The molecule has 0 unspecified atom stereocenters. The van der Waals surface area contributed by atoms with Crippen LogP contribution in [0, 0.1) is 5.82 Å². The summed E-state index contributed by atoms with van der Waals surface area (Å²) in [7, 11) is 3.77. The molecular formula is C23H28FN3O2. The predicted molar refractivity (Wildman–Crippen MR) is 110 cm³/mol. The van der Waals surface area contributed by atoms with E-state index in [0.29, 0.717) is 19.5 Å². The number of nitrogens with zero attached hydrogens (tertiary/aromatic N) is 3. The molecule has 1 amide bonds. The Bertz CT molecular complexity index is 845. The van der Waals surface area contributed by atoms with E-state index in [1.54, 1.807) is 7.11 Å². The molecule has 0 aromatic heterocycles. The highest BCUT2D eigenvalue weighted by molar-refractivity contribution is 5.79. The van der Waals surface area contributed by atoms with Gasteiger partial charge in [-0.25, -0.2) is 9.40 Å². The van der Waals surface area contributed by atoms with Crippen LogP contribution in [0.5, 0.6) is 5.75 Å². The van der Waals surface area contributed by atoms with Crippen molar-refractivity contribution in [2.24, 2.45) is 0 Å². The Labute approximate surface area is 171 Å². The van der Waals surface area contributed by atoms with Gasteiger partial charge in [-0.15, -0.1) is 0 Å². The predicted octanol–water partition coefficient (Wildman–Crippen LogP) is 3.45. The van der Waals surface area contributed by atoms with E-state index >= 15 is 0 Å². The highest BCUT2D eigenvalue weighted by Gasteiger charge is 2.50. The standard InChI is InChI=1S/C23H28FN3O2/c1-25-13-11-23(12-14-25)15-22(28)26(16-18-5-9-21(29-2)10-6-18)27(23)17-19-3-7-20(24)8-4-19/h3-10H,11-17H2,1-2H3. The van der Waals surface area contributed by atoms with E-state index in [2.05, 4.69) is 17.0 Å². The van der Waals surface area contributed by atoms with Crippen LogP contribution >= 0.6 is 0 Å². The summed E-state index contributed by atoms with van der Waals surface area (Å²) >= 11 is 0. The van der Waals surface area contributed by atoms with Crippen LogP contribution in [-0.2, 0) is 17.9 Å². The van der Waals surface area contributed by atoms with Crippen LogP contribution in [0.4, 0.5) is 4.39 Å². The summed E-state index contributed by atoms with van der Waals surface area (Å²) in [6.07, 6.45) is 2.45. The van der Waals surface area contributed by atoms with Crippen molar-refractivity contribution in [1.82, 2.24) is 14.9 Å². The summed E-state index contributed by atoms with van der Waals surface area (Å²) < 4.78 is 18.6. The smallest absolute Gasteiger partial charge is 0.239 e. The van der Waals surface area contributed by atoms with Gasteiger partial charge in [0.2, 0.25) is 5.91 Å². The highest BCUT2D eigenvalue weighted by atomic mass is 19.1. The third-order valence-electron chi connectivity index (χ3n) is 6.26. The molecule has 0 saturated carbocycles. The van der Waals surface area contributed by atoms with Gasteiger partial charge in [0, 0.05) is 13.0 Å². The molecule has 4 rings (SSSR count). The van der Waals surface area contributed by atoms with E-state index in [1.807, 2.05) is 41.4 Å². The number of benzene rings is 2. The van der Waals surface area contributed by atoms with E-state index < -0.39 is 0 Å². The maximum absolute atomic E-state index is 13.4. The minimum Gasteiger partial charge on any atom is -0.497 e. The molecule has 0 bridgehead atoms. The molecule has 0 atom stereocenters. The third kappa shape index (κ3) is 4.14. The van der Waals surface area contributed by atoms with Crippen LogP contribution in [-0.4, -0.2) is 53.6 Å². The average Bonchev–Trinajstić information content (AvgIpc) is 2.97. The van der Waals surface area contributed by atoms with Crippen LogP contribution in [0.15, 0.2) is 48.5 Å². The second kappa shape index (κ2) is 8.13. The van der Waals surface area contributed by atoms with Gasteiger partial charge >= 0.3 is 0 Å². The molecule has 2 aliphatic heterocycles. The number of ether oxygens (including phenoxy) is 1. The number of rotatable bonds is 5. The molecule has 2 fully saturated rings. The van der Waals surface area contributed by atoms with Gasteiger partial charge in [0.1, 0.15) is 11.6 Å². The number of halogens is 1. The number of carbonyl (C=O) groups is 1. The first kappa shape index (κ1) is 19.9. The lowest BCUT2D eigenvalue weighted by Gasteiger charge is -2.45. The summed E-state index contributed by atoms with van der Waals surface area (Å²) in [4.78, 5) is 15.4. The van der Waals surface area contributed by atoms with Crippen molar-refractivity contribution in [1.29, 1.82) is 0 Å². The second-order valence-corrected chi connectivity index (χ2v) is 8.19. The van der Waals surface area contributed by atoms with Gasteiger partial charge in [-0.1, -0.05) is 24.3 Å². The molecule has 2 aliphatic rings. The number of piperidine rings is 1. The van der Waals surface area contributed by atoms with Crippen LogP contribution in [0.1, 0.15) is 30.4 Å². The zero-order chi connectivity index (χ0) is 20.4. The van der Waals surface area contributed by atoms with Gasteiger partial charge in [0.05, 0.1) is 19.2 Å². The number of methoxy groups -OCH3 is 1. The molecule has 5 nitrogen and oxygen atoms in total. The Hall–Kier alpha value is -2.44. The average molecular weight is 397 g/mol. The molecule has 2 saturated heterocycles. The highest BCUT2D eigenvalue weighted by Crippen LogP contribution is 2.41. The van der Waals surface area contributed by atoms with Gasteiger partial charge in [-0.2, -0.15) is 0 Å². The number of hydrogen-bond acceptors (Lipinski definition) is 4. The number of amides is 1. The molecule has 154 valence electrons. The van der Waals surface area contributed by atoms with Gasteiger partial charge in [0.25, 0.3) is 0 Å². The van der Waals surface area contributed by atoms with Crippen LogP contribution < -0.4 is 4.74 Å². The molecular weight excluding hydrogens is 369 g/mol. The summed E-state index contributed by atoms with van der Waals surface area (Å²) in [6, 6.07) is 14.4. The largest absolute Gasteiger partial charge is 0.497 e. The van der Waals surface area contributed by atoms with Gasteiger partial charge in [-0.3, -0.25) is 9.80 Å². The van der Waals surface area contributed by atoms with Crippen molar-refractivity contribution in [2.45, 2.75) is 37.9 Å². The minimum absolute atomic E-state index is 0.160. The summed E-state index contributed by atoms with van der Waals surface area (Å²) in [6.45, 7) is 3.08. The minimum atomic E-state index is -0.240. The SMILES string of the molecule is COc1ccc(CN2C(=O)CC3(CCN(C)CC3)N2Cc2ccc(F)cc2)cc1. The Balaban J connectivity index is 1.61. The van der Waals surface area contributed by atoms with Crippen LogP contribution in [0.25, 0.3) is 0 Å². The first-order chi connectivity index (χ1) is 14.0. The molecule has 2 aromatic carbocycles. The lowest BCUT2D eigenvalue weighted by atomic mass is 9.84. The lowest BCUT2D eigenvalue weighted by molar-refractivity contribution is -0.145. The molecule has 0 N–H and O–H groups in total. The fraction of sp³-hybridized carbons (Fsp3) is 0.435. The van der Waals surface area contributed by atoms with Crippen molar-refractivity contribution in [3.8, 4) is 5.75 Å². The van der Waals surface area contributed by atoms with Crippen molar-refractivity contribution in [2.75, 3.05) is 27.2 Å². The molecule has 0 radical (unpaired) electrons. The number of hydrazine groups is 1. The quantitative estimate of drug-likeness (QED) is 0.774. The normalized spacial score (nSPS) is 19.8. The summed E-state index contributed by atoms with van der Waals surface area (Å²) in [5, 5.41) is 4.15. The number of likely N-dealkylation sites (tertiary alicyclic amines) is 1. The Morgan fingerprint density at radius 1 is 0.966 bits per heavy atom. The van der Waals surface area contributed by atoms with E-state index in [-0.39, 0.29) is 17.3 Å². The van der Waals surface area contributed by atoms with Gasteiger partial charge in [-0.05, 0) is 68.4 Å².